The molecule has 1 saturated heterocycles. The molecule has 6 heteroatoms. The number of carbonyl (C=O) groups excluding carboxylic acids is 2. The first-order chi connectivity index (χ1) is 7.69. The summed E-state index contributed by atoms with van der Waals surface area (Å²) in [5.41, 5.74) is 0. The number of rotatable bonds is 4. The molecule has 2 N–H and O–H groups in total. The molecular weight excluding hydrogens is 212 g/mol. The van der Waals surface area contributed by atoms with Crippen LogP contribution >= 0.6 is 0 Å². The van der Waals surface area contributed by atoms with Crippen LogP contribution in [-0.4, -0.2) is 50.8 Å². The van der Waals surface area contributed by atoms with Crippen LogP contribution in [0.1, 0.15) is 13.3 Å². The van der Waals surface area contributed by atoms with Crippen molar-refractivity contribution in [2.45, 2.75) is 25.5 Å². The number of carbonyl (C=O) groups is 2. The molecule has 0 aliphatic carbocycles. The van der Waals surface area contributed by atoms with Gasteiger partial charge in [-0.05, 0) is 6.42 Å². The van der Waals surface area contributed by atoms with Crippen molar-refractivity contribution in [3.05, 3.63) is 0 Å². The number of hydrogen-bond acceptors (Lipinski definition) is 5. The second-order valence-electron chi connectivity index (χ2n) is 3.56. The van der Waals surface area contributed by atoms with Gasteiger partial charge in [0.2, 0.25) is 0 Å². The quantitative estimate of drug-likeness (QED) is 0.608. The Morgan fingerprint density at radius 2 is 2.38 bits per heavy atom. The van der Waals surface area contributed by atoms with Crippen LogP contribution in [0.4, 0.5) is 0 Å². The Balaban J connectivity index is 2.44. The van der Waals surface area contributed by atoms with Crippen LogP contribution in [-0.2, 0) is 19.1 Å². The van der Waals surface area contributed by atoms with Crippen LogP contribution in [0.3, 0.4) is 0 Å². The van der Waals surface area contributed by atoms with Gasteiger partial charge in [0.15, 0.2) is 0 Å². The van der Waals surface area contributed by atoms with Crippen molar-refractivity contribution < 1.29 is 19.1 Å². The molecule has 2 unspecified atom stereocenters. The number of morpholine rings is 1. The Morgan fingerprint density at radius 3 is 2.88 bits per heavy atom. The highest BCUT2D eigenvalue weighted by molar-refractivity contribution is 5.87. The first-order valence-electron chi connectivity index (χ1n) is 5.39. The number of hydrogen-bond donors (Lipinski definition) is 2. The number of methoxy groups -OCH3 is 1. The van der Waals surface area contributed by atoms with E-state index in [1.54, 1.807) is 0 Å². The first kappa shape index (κ1) is 12.9. The maximum absolute atomic E-state index is 11.7. The molecule has 1 aliphatic rings. The minimum atomic E-state index is -0.594. The van der Waals surface area contributed by atoms with E-state index in [0.29, 0.717) is 19.6 Å². The summed E-state index contributed by atoms with van der Waals surface area (Å²) >= 11 is 0. The van der Waals surface area contributed by atoms with E-state index >= 15 is 0 Å². The van der Waals surface area contributed by atoms with E-state index in [2.05, 4.69) is 15.4 Å². The topological polar surface area (TPSA) is 76.7 Å². The second-order valence-corrected chi connectivity index (χ2v) is 3.56. The highest BCUT2D eigenvalue weighted by atomic mass is 16.5. The molecule has 0 bridgehead atoms. The van der Waals surface area contributed by atoms with Gasteiger partial charge in [0.05, 0.1) is 13.7 Å². The lowest BCUT2D eigenvalue weighted by atomic mass is 10.2. The van der Waals surface area contributed by atoms with Crippen LogP contribution in [0.5, 0.6) is 0 Å². The van der Waals surface area contributed by atoms with Crippen molar-refractivity contribution in [1.29, 1.82) is 0 Å². The van der Waals surface area contributed by atoms with Crippen LogP contribution in [0.2, 0.25) is 0 Å². The van der Waals surface area contributed by atoms with E-state index in [-0.39, 0.29) is 5.91 Å². The summed E-state index contributed by atoms with van der Waals surface area (Å²) in [6, 6.07) is -0.594. The fraction of sp³-hybridized carbons (Fsp3) is 0.800. The summed E-state index contributed by atoms with van der Waals surface area (Å²) in [5.74, 6) is -0.705. The number of amides is 1. The lowest BCUT2D eigenvalue weighted by Gasteiger charge is -2.24. The molecule has 0 spiro atoms. The molecule has 1 rings (SSSR count). The van der Waals surface area contributed by atoms with E-state index in [9.17, 15) is 9.59 Å². The standard InChI is InChI=1S/C10H18N2O4/c1-3-7(10(14)15-2)12-9(13)8-6-11-4-5-16-8/h7-8,11H,3-6H2,1-2H3,(H,12,13). The summed E-state index contributed by atoms with van der Waals surface area (Å²) in [6.45, 7) is 3.54. The van der Waals surface area contributed by atoms with E-state index in [4.69, 9.17) is 4.74 Å². The van der Waals surface area contributed by atoms with Gasteiger partial charge < -0.3 is 20.1 Å². The third kappa shape index (κ3) is 3.46. The molecule has 1 amide bonds. The summed E-state index contributed by atoms with van der Waals surface area (Å²) in [4.78, 5) is 23.0. The van der Waals surface area contributed by atoms with Gasteiger partial charge in [0, 0.05) is 13.1 Å². The molecule has 0 aromatic carbocycles. The molecule has 1 aliphatic heterocycles. The molecule has 2 atom stereocenters. The van der Waals surface area contributed by atoms with E-state index in [0.717, 1.165) is 6.54 Å². The lowest BCUT2D eigenvalue weighted by Crippen LogP contribution is -2.52. The molecule has 16 heavy (non-hydrogen) atoms. The van der Waals surface area contributed by atoms with Gasteiger partial charge >= 0.3 is 5.97 Å². The minimum Gasteiger partial charge on any atom is -0.467 e. The van der Waals surface area contributed by atoms with Crippen LogP contribution in [0.25, 0.3) is 0 Å². The Morgan fingerprint density at radius 1 is 1.62 bits per heavy atom. The predicted octanol–water partition coefficient (Wildman–Crippen LogP) is -0.957. The number of nitrogens with one attached hydrogen (secondary N) is 2. The molecular formula is C10H18N2O4. The van der Waals surface area contributed by atoms with Crippen molar-refractivity contribution in [2.75, 3.05) is 26.8 Å². The van der Waals surface area contributed by atoms with Gasteiger partial charge in [0.25, 0.3) is 5.91 Å². The fourth-order valence-corrected chi connectivity index (χ4v) is 1.47. The second kappa shape index (κ2) is 6.44. The normalized spacial score (nSPS) is 22.2. The Bertz CT molecular complexity index is 251. The van der Waals surface area contributed by atoms with E-state index in [1.165, 1.54) is 7.11 Å². The molecule has 0 radical (unpaired) electrons. The van der Waals surface area contributed by atoms with Gasteiger partial charge in [-0.3, -0.25) is 4.79 Å². The van der Waals surface area contributed by atoms with Crippen molar-refractivity contribution in [2.24, 2.45) is 0 Å². The van der Waals surface area contributed by atoms with Crippen molar-refractivity contribution >= 4 is 11.9 Å². The highest BCUT2D eigenvalue weighted by Crippen LogP contribution is 1.99. The van der Waals surface area contributed by atoms with Crippen molar-refractivity contribution in [1.82, 2.24) is 10.6 Å². The fourth-order valence-electron chi connectivity index (χ4n) is 1.47. The third-order valence-corrected chi connectivity index (χ3v) is 2.43. The molecule has 0 aromatic rings. The summed E-state index contributed by atoms with van der Waals surface area (Å²) in [6.07, 6.45) is -0.0223. The predicted molar refractivity (Wildman–Crippen MR) is 56.8 cm³/mol. The van der Waals surface area contributed by atoms with Gasteiger partial charge in [-0.1, -0.05) is 6.92 Å². The van der Waals surface area contributed by atoms with E-state index in [1.807, 2.05) is 6.92 Å². The number of esters is 1. The van der Waals surface area contributed by atoms with Gasteiger partial charge in [-0.15, -0.1) is 0 Å². The lowest BCUT2D eigenvalue weighted by molar-refractivity contribution is -0.147. The van der Waals surface area contributed by atoms with Gasteiger partial charge in [0.1, 0.15) is 12.1 Å². The molecule has 92 valence electrons. The Hall–Kier alpha value is -1.14. The van der Waals surface area contributed by atoms with Crippen LogP contribution < -0.4 is 10.6 Å². The third-order valence-electron chi connectivity index (χ3n) is 2.43. The monoisotopic (exact) mass is 230 g/mol. The van der Waals surface area contributed by atoms with Crippen LogP contribution in [0.15, 0.2) is 0 Å². The summed E-state index contributed by atoms with van der Waals surface area (Å²) in [7, 11) is 1.30. The maximum atomic E-state index is 11.7. The molecule has 1 fully saturated rings. The summed E-state index contributed by atoms with van der Waals surface area (Å²) < 4.78 is 9.85. The Kier molecular flexibility index (Phi) is 5.21. The zero-order valence-corrected chi connectivity index (χ0v) is 9.62. The first-order valence-corrected chi connectivity index (χ1v) is 5.39. The average Bonchev–Trinajstić information content (AvgIpc) is 2.35. The zero-order valence-electron chi connectivity index (χ0n) is 9.62. The molecule has 6 nitrogen and oxygen atoms in total. The van der Waals surface area contributed by atoms with Crippen molar-refractivity contribution in [3.8, 4) is 0 Å². The zero-order chi connectivity index (χ0) is 12.0. The van der Waals surface area contributed by atoms with Crippen LogP contribution in [0, 0.1) is 0 Å². The Labute approximate surface area is 94.7 Å². The number of ether oxygens (including phenoxy) is 2. The molecule has 0 aromatic heterocycles. The maximum Gasteiger partial charge on any atom is 0.328 e. The van der Waals surface area contributed by atoms with Crippen molar-refractivity contribution in [3.63, 3.8) is 0 Å². The smallest absolute Gasteiger partial charge is 0.328 e. The summed E-state index contributed by atoms with van der Waals surface area (Å²) in [5, 5.41) is 5.66. The molecule has 1 heterocycles. The van der Waals surface area contributed by atoms with Gasteiger partial charge in [-0.25, -0.2) is 4.79 Å². The SMILES string of the molecule is CCC(NC(=O)C1CNCCO1)C(=O)OC. The molecule has 0 saturated carbocycles. The van der Waals surface area contributed by atoms with Gasteiger partial charge in [-0.2, -0.15) is 0 Å². The largest absolute Gasteiger partial charge is 0.467 e. The minimum absolute atomic E-state index is 0.274. The highest BCUT2D eigenvalue weighted by Gasteiger charge is 2.26. The average molecular weight is 230 g/mol. The van der Waals surface area contributed by atoms with E-state index < -0.39 is 18.1 Å².